The van der Waals surface area contributed by atoms with Crippen molar-refractivity contribution in [2.24, 2.45) is 0 Å². The highest BCUT2D eigenvalue weighted by Gasteiger charge is 2.13. The Morgan fingerprint density at radius 1 is 1.11 bits per heavy atom. The van der Waals surface area contributed by atoms with E-state index < -0.39 is 5.97 Å². The lowest BCUT2D eigenvalue weighted by Crippen LogP contribution is -2.26. The van der Waals surface area contributed by atoms with Gasteiger partial charge in [0.1, 0.15) is 0 Å². The summed E-state index contributed by atoms with van der Waals surface area (Å²) in [5.41, 5.74) is 3.94. The second-order valence-corrected chi connectivity index (χ2v) is 4.32. The molecular formula is C14H17NO3. The monoisotopic (exact) mass is 247 g/mol. The number of carboxylic acids is 1. The fraction of sp³-hybridized carbons (Fsp3) is 0.286. The molecule has 0 atom stereocenters. The summed E-state index contributed by atoms with van der Waals surface area (Å²) in [6.07, 6.45) is 1.90. The van der Waals surface area contributed by atoms with Crippen LogP contribution in [0.2, 0.25) is 0 Å². The van der Waals surface area contributed by atoms with Crippen LogP contribution in [0.5, 0.6) is 0 Å². The van der Waals surface area contributed by atoms with Crippen LogP contribution in [0.1, 0.15) is 16.7 Å². The minimum absolute atomic E-state index is 0.354. The molecule has 4 heteroatoms. The van der Waals surface area contributed by atoms with Crippen molar-refractivity contribution in [2.45, 2.75) is 20.8 Å². The molecular weight excluding hydrogens is 230 g/mol. The molecule has 1 aromatic carbocycles. The second-order valence-electron chi connectivity index (χ2n) is 4.32. The first-order valence-corrected chi connectivity index (χ1v) is 5.59. The van der Waals surface area contributed by atoms with Crippen LogP contribution >= 0.6 is 0 Å². The molecule has 96 valence electrons. The fourth-order valence-corrected chi connectivity index (χ4v) is 2.07. The van der Waals surface area contributed by atoms with E-state index in [1.54, 1.807) is 7.05 Å². The van der Waals surface area contributed by atoms with Crippen LogP contribution in [0.25, 0.3) is 0 Å². The number of benzene rings is 1. The maximum atomic E-state index is 11.8. The first kappa shape index (κ1) is 14.0. The Morgan fingerprint density at radius 2 is 1.61 bits per heavy atom. The van der Waals surface area contributed by atoms with Gasteiger partial charge in [0.25, 0.3) is 5.91 Å². The van der Waals surface area contributed by atoms with Crippen molar-refractivity contribution in [3.05, 3.63) is 41.0 Å². The standard InChI is InChI=1S/C14H17NO3/c1-9-7-10(2)14(11(3)8-9)15(4)12(16)5-6-13(17)18/h5-8H,1-4H3,(H,17,18)/b6-5+. The number of amides is 1. The van der Waals surface area contributed by atoms with Gasteiger partial charge in [-0.05, 0) is 31.9 Å². The van der Waals surface area contributed by atoms with Gasteiger partial charge in [0.2, 0.25) is 0 Å². The molecule has 0 fully saturated rings. The van der Waals surface area contributed by atoms with E-state index in [1.165, 1.54) is 4.90 Å². The molecule has 0 aliphatic rings. The van der Waals surface area contributed by atoms with Gasteiger partial charge in [-0.3, -0.25) is 4.79 Å². The molecule has 0 unspecified atom stereocenters. The molecule has 0 saturated heterocycles. The van der Waals surface area contributed by atoms with E-state index in [1.807, 2.05) is 32.9 Å². The molecule has 0 aliphatic carbocycles. The third-order valence-corrected chi connectivity index (χ3v) is 2.67. The van der Waals surface area contributed by atoms with Gasteiger partial charge in [-0.1, -0.05) is 17.7 Å². The van der Waals surface area contributed by atoms with Crippen LogP contribution in [-0.2, 0) is 9.59 Å². The molecule has 1 rings (SSSR count). The van der Waals surface area contributed by atoms with Crippen molar-refractivity contribution in [1.82, 2.24) is 0 Å². The Bertz CT molecular complexity index is 495. The van der Waals surface area contributed by atoms with E-state index in [0.29, 0.717) is 0 Å². The maximum Gasteiger partial charge on any atom is 0.328 e. The summed E-state index contributed by atoms with van der Waals surface area (Å²) < 4.78 is 0. The smallest absolute Gasteiger partial charge is 0.328 e. The zero-order chi connectivity index (χ0) is 13.9. The number of carboxylic acid groups (broad SMARTS) is 1. The van der Waals surface area contributed by atoms with E-state index in [0.717, 1.165) is 34.5 Å². The zero-order valence-corrected chi connectivity index (χ0v) is 11.0. The van der Waals surface area contributed by atoms with Crippen LogP contribution in [-0.4, -0.2) is 24.0 Å². The largest absolute Gasteiger partial charge is 0.478 e. The summed E-state index contributed by atoms with van der Waals surface area (Å²) >= 11 is 0. The first-order valence-electron chi connectivity index (χ1n) is 5.59. The highest BCUT2D eigenvalue weighted by molar-refractivity contribution is 6.04. The predicted molar refractivity (Wildman–Crippen MR) is 70.8 cm³/mol. The Hall–Kier alpha value is -2.10. The predicted octanol–water partition coefficient (Wildman–Crippen LogP) is 2.22. The number of carbonyl (C=O) groups excluding carboxylic acids is 1. The number of aliphatic carboxylic acids is 1. The van der Waals surface area contributed by atoms with Crippen LogP contribution in [0.3, 0.4) is 0 Å². The van der Waals surface area contributed by atoms with Crippen molar-refractivity contribution in [1.29, 1.82) is 0 Å². The first-order chi connectivity index (χ1) is 8.32. The maximum absolute atomic E-state index is 11.8. The number of hydrogen-bond donors (Lipinski definition) is 1. The van der Waals surface area contributed by atoms with E-state index in [-0.39, 0.29) is 5.91 Å². The highest BCUT2D eigenvalue weighted by atomic mass is 16.4. The van der Waals surface area contributed by atoms with E-state index in [9.17, 15) is 9.59 Å². The van der Waals surface area contributed by atoms with Gasteiger partial charge in [-0.2, -0.15) is 0 Å². The number of aryl methyl sites for hydroxylation is 3. The SMILES string of the molecule is Cc1cc(C)c(N(C)C(=O)/C=C/C(=O)O)c(C)c1. The third kappa shape index (κ3) is 3.20. The topological polar surface area (TPSA) is 57.6 Å². The number of nitrogens with zero attached hydrogens (tertiary/aromatic N) is 1. The van der Waals surface area contributed by atoms with Gasteiger partial charge in [-0.15, -0.1) is 0 Å². The number of rotatable bonds is 3. The molecule has 0 aromatic heterocycles. The summed E-state index contributed by atoms with van der Waals surface area (Å²) in [4.78, 5) is 23.7. The van der Waals surface area contributed by atoms with Crippen molar-refractivity contribution >= 4 is 17.6 Å². The molecule has 4 nitrogen and oxygen atoms in total. The minimum Gasteiger partial charge on any atom is -0.478 e. The van der Waals surface area contributed by atoms with Crippen molar-refractivity contribution in [3.63, 3.8) is 0 Å². The quantitative estimate of drug-likeness (QED) is 0.833. The Labute approximate surface area is 107 Å². The molecule has 0 aliphatic heterocycles. The molecule has 0 radical (unpaired) electrons. The Morgan fingerprint density at radius 3 is 2.06 bits per heavy atom. The van der Waals surface area contributed by atoms with Gasteiger partial charge < -0.3 is 10.0 Å². The molecule has 1 N–H and O–H groups in total. The normalized spacial score (nSPS) is 10.7. The van der Waals surface area contributed by atoms with E-state index in [2.05, 4.69) is 0 Å². The van der Waals surface area contributed by atoms with Gasteiger partial charge >= 0.3 is 5.97 Å². The Balaban J connectivity index is 3.08. The molecule has 1 aromatic rings. The van der Waals surface area contributed by atoms with Crippen LogP contribution in [0.15, 0.2) is 24.3 Å². The van der Waals surface area contributed by atoms with Crippen LogP contribution in [0.4, 0.5) is 5.69 Å². The summed E-state index contributed by atoms with van der Waals surface area (Å²) in [7, 11) is 1.64. The summed E-state index contributed by atoms with van der Waals surface area (Å²) in [6.45, 7) is 5.86. The summed E-state index contributed by atoms with van der Waals surface area (Å²) in [5.74, 6) is -1.48. The van der Waals surface area contributed by atoms with E-state index >= 15 is 0 Å². The average molecular weight is 247 g/mol. The lowest BCUT2D eigenvalue weighted by Gasteiger charge is -2.21. The average Bonchev–Trinajstić information content (AvgIpc) is 2.24. The molecule has 1 amide bonds. The van der Waals surface area contributed by atoms with Gasteiger partial charge in [0, 0.05) is 24.9 Å². The lowest BCUT2D eigenvalue weighted by atomic mass is 10.0. The molecule has 18 heavy (non-hydrogen) atoms. The van der Waals surface area contributed by atoms with Gasteiger partial charge in [-0.25, -0.2) is 4.79 Å². The molecule has 0 saturated carbocycles. The highest BCUT2D eigenvalue weighted by Crippen LogP contribution is 2.25. The van der Waals surface area contributed by atoms with Crippen LogP contribution in [0, 0.1) is 20.8 Å². The second kappa shape index (κ2) is 5.49. The van der Waals surface area contributed by atoms with Crippen molar-refractivity contribution in [2.75, 3.05) is 11.9 Å². The number of hydrogen-bond acceptors (Lipinski definition) is 2. The zero-order valence-electron chi connectivity index (χ0n) is 11.0. The number of anilines is 1. The van der Waals surface area contributed by atoms with E-state index in [4.69, 9.17) is 5.11 Å². The molecule has 0 spiro atoms. The summed E-state index contributed by atoms with van der Waals surface area (Å²) in [5, 5.41) is 8.50. The number of carbonyl (C=O) groups is 2. The van der Waals surface area contributed by atoms with Crippen LogP contribution < -0.4 is 4.90 Å². The van der Waals surface area contributed by atoms with Gasteiger partial charge in [0.15, 0.2) is 0 Å². The van der Waals surface area contributed by atoms with Crippen molar-refractivity contribution in [3.8, 4) is 0 Å². The Kier molecular flexibility index (Phi) is 4.26. The van der Waals surface area contributed by atoms with Crippen molar-refractivity contribution < 1.29 is 14.7 Å². The minimum atomic E-state index is -1.13. The van der Waals surface area contributed by atoms with Gasteiger partial charge in [0.05, 0.1) is 0 Å². The number of likely N-dealkylation sites (N-methyl/N-ethyl adjacent to an activating group) is 1. The fourth-order valence-electron chi connectivity index (χ4n) is 2.07. The molecule has 0 bridgehead atoms. The third-order valence-electron chi connectivity index (χ3n) is 2.67. The lowest BCUT2D eigenvalue weighted by molar-refractivity contribution is -0.131. The summed E-state index contributed by atoms with van der Waals surface area (Å²) in [6, 6.07) is 3.99. The molecule has 0 heterocycles.